The molecule has 0 radical (unpaired) electrons. The predicted octanol–water partition coefficient (Wildman–Crippen LogP) is 2.98. The first kappa shape index (κ1) is 13.7. The minimum Gasteiger partial charge on any atom is -0.339 e. The van der Waals surface area contributed by atoms with E-state index in [2.05, 4.69) is 22.4 Å². The Hall–Kier alpha value is -1.75. The number of benzene rings is 1. The Morgan fingerprint density at radius 2 is 2.11 bits per heavy atom. The second-order valence-corrected chi connectivity index (χ2v) is 4.53. The molecular formula is C14H18FN3O. The summed E-state index contributed by atoms with van der Waals surface area (Å²) < 4.78 is 18.9. The number of likely N-dealkylation sites (N-methyl/N-ethyl adjacent to an activating group) is 1. The van der Waals surface area contributed by atoms with Gasteiger partial charge >= 0.3 is 0 Å². The van der Waals surface area contributed by atoms with Gasteiger partial charge in [-0.2, -0.15) is 4.98 Å². The fourth-order valence-corrected chi connectivity index (χ4v) is 2.15. The molecule has 1 heterocycles. The summed E-state index contributed by atoms with van der Waals surface area (Å²) in [4.78, 5) is 4.30. The zero-order chi connectivity index (χ0) is 13.8. The van der Waals surface area contributed by atoms with Gasteiger partial charge in [0.25, 0.3) is 0 Å². The first-order valence-electron chi connectivity index (χ1n) is 6.43. The van der Waals surface area contributed by atoms with Gasteiger partial charge in [-0.15, -0.1) is 0 Å². The van der Waals surface area contributed by atoms with Gasteiger partial charge in [-0.3, -0.25) is 0 Å². The molecule has 1 aromatic carbocycles. The second kappa shape index (κ2) is 5.93. The number of nitrogens with one attached hydrogen (secondary N) is 1. The Morgan fingerprint density at radius 3 is 2.74 bits per heavy atom. The van der Waals surface area contributed by atoms with Crippen LogP contribution in [0.25, 0.3) is 11.4 Å². The minimum absolute atomic E-state index is 0.0861. The lowest BCUT2D eigenvalue weighted by molar-refractivity contribution is 0.326. The average Bonchev–Trinajstić information content (AvgIpc) is 2.90. The van der Waals surface area contributed by atoms with Crippen molar-refractivity contribution in [1.29, 1.82) is 0 Å². The fourth-order valence-electron chi connectivity index (χ4n) is 2.15. The number of hydrogen-bond donors (Lipinski definition) is 1. The Balaban J connectivity index is 2.27. The molecule has 1 aromatic heterocycles. The fraction of sp³-hybridized carbons (Fsp3) is 0.429. The van der Waals surface area contributed by atoms with Gasteiger partial charge in [0.2, 0.25) is 11.7 Å². The molecule has 19 heavy (non-hydrogen) atoms. The van der Waals surface area contributed by atoms with E-state index in [0.717, 1.165) is 6.42 Å². The highest BCUT2D eigenvalue weighted by molar-refractivity contribution is 5.54. The van der Waals surface area contributed by atoms with Gasteiger partial charge in [-0.1, -0.05) is 31.1 Å². The highest BCUT2D eigenvalue weighted by Crippen LogP contribution is 2.24. The first-order valence-corrected chi connectivity index (χ1v) is 6.43. The lowest BCUT2D eigenvalue weighted by atomic mass is 10.00. The van der Waals surface area contributed by atoms with E-state index in [4.69, 9.17) is 4.52 Å². The average molecular weight is 263 g/mol. The number of rotatable bonds is 5. The van der Waals surface area contributed by atoms with Crippen LogP contribution in [0.5, 0.6) is 0 Å². The van der Waals surface area contributed by atoms with Gasteiger partial charge in [-0.05, 0) is 25.6 Å². The van der Waals surface area contributed by atoms with Crippen LogP contribution in [0, 0.1) is 5.82 Å². The van der Waals surface area contributed by atoms with Gasteiger partial charge in [0.05, 0.1) is 11.5 Å². The molecule has 2 aromatic rings. The number of aromatic nitrogens is 2. The minimum atomic E-state index is -0.344. The molecule has 2 atom stereocenters. The SMILES string of the molecule is CCC(NC)C(C)c1nc(-c2ccccc2F)no1. The topological polar surface area (TPSA) is 51.0 Å². The maximum atomic E-state index is 13.6. The van der Waals surface area contributed by atoms with Crippen molar-refractivity contribution < 1.29 is 8.91 Å². The standard InChI is InChI=1S/C14H18FN3O/c1-4-12(16-3)9(2)14-17-13(18-19-14)10-7-5-6-8-11(10)15/h5-9,12,16H,4H2,1-3H3. The molecule has 0 spiro atoms. The molecule has 4 nitrogen and oxygen atoms in total. The van der Waals surface area contributed by atoms with Crippen molar-refractivity contribution in [2.45, 2.75) is 32.2 Å². The van der Waals surface area contributed by atoms with Crippen molar-refractivity contribution in [1.82, 2.24) is 15.5 Å². The molecule has 0 aliphatic carbocycles. The van der Waals surface area contributed by atoms with E-state index in [0.29, 0.717) is 17.3 Å². The zero-order valence-electron chi connectivity index (χ0n) is 11.4. The molecule has 0 aliphatic rings. The van der Waals surface area contributed by atoms with Crippen LogP contribution in [0.2, 0.25) is 0 Å². The van der Waals surface area contributed by atoms with Gasteiger partial charge in [0.1, 0.15) is 5.82 Å². The van der Waals surface area contributed by atoms with Crippen LogP contribution in [-0.4, -0.2) is 23.2 Å². The molecule has 0 aliphatic heterocycles. The monoisotopic (exact) mass is 263 g/mol. The van der Waals surface area contributed by atoms with Crippen molar-refractivity contribution >= 4 is 0 Å². The summed E-state index contributed by atoms with van der Waals surface area (Å²) in [5.41, 5.74) is 0.363. The molecule has 2 rings (SSSR count). The van der Waals surface area contributed by atoms with E-state index >= 15 is 0 Å². The van der Waals surface area contributed by atoms with Crippen molar-refractivity contribution in [3.63, 3.8) is 0 Å². The van der Waals surface area contributed by atoms with Gasteiger partial charge in [-0.25, -0.2) is 4.39 Å². The Morgan fingerprint density at radius 1 is 1.37 bits per heavy atom. The maximum Gasteiger partial charge on any atom is 0.231 e. The molecule has 0 saturated heterocycles. The highest BCUT2D eigenvalue weighted by atomic mass is 19.1. The van der Waals surface area contributed by atoms with Crippen molar-refractivity contribution in [2.24, 2.45) is 0 Å². The third kappa shape index (κ3) is 2.81. The van der Waals surface area contributed by atoms with Crippen molar-refractivity contribution in [3.05, 3.63) is 36.0 Å². The van der Waals surface area contributed by atoms with Gasteiger partial charge in [0, 0.05) is 6.04 Å². The molecule has 0 bridgehead atoms. The number of nitrogens with zero attached hydrogens (tertiary/aromatic N) is 2. The second-order valence-electron chi connectivity index (χ2n) is 4.53. The lowest BCUT2D eigenvalue weighted by Gasteiger charge is -2.18. The first-order chi connectivity index (χ1) is 9.17. The van der Waals surface area contributed by atoms with Crippen LogP contribution >= 0.6 is 0 Å². The zero-order valence-corrected chi connectivity index (χ0v) is 11.4. The Labute approximate surface area is 112 Å². The van der Waals surface area contributed by atoms with Crippen LogP contribution in [0.3, 0.4) is 0 Å². The van der Waals surface area contributed by atoms with Gasteiger partial charge in [0.15, 0.2) is 0 Å². The normalized spacial score (nSPS) is 14.3. The van der Waals surface area contributed by atoms with Crippen LogP contribution in [0.1, 0.15) is 32.1 Å². The molecular weight excluding hydrogens is 245 g/mol. The van der Waals surface area contributed by atoms with E-state index in [-0.39, 0.29) is 17.8 Å². The maximum absolute atomic E-state index is 13.6. The van der Waals surface area contributed by atoms with E-state index in [1.165, 1.54) is 6.07 Å². The Bertz CT molecular complexity index is 537. The summed E-state index contributed by atoms with van der Waals surface area (Å²) in [5.74, 6) is 0.566. The van der Waals surface area contributed by atoms with E-state index in [9.17, 15) is 4.39 Å². The largest absolute Gasteiger partial charge is 0.339 e. The van der Waals surface area contributed by atoms with Gasteiger partial charge < -0.3 is 9.84 Å². The molecule has 102 valence electrons. The molecule has 0 fully saturated rings. The summed E-state index contributed by atoms with van der Waals surface area (Å²) in [6.45, 7) is 4.11. The summed E-state index contributed by atoms with van der Waals surface area (Å²) in [6, 6.07) is 6.67. The molecule has 1 N–H and O–H groups in total. The van der Waals surface area contributed by atoms with Crippen molar-refractivity contribution in [3.8, 4) is 11.4 Å². The van der Waals surface area contributed by atoms with Crippen LogP contribution in [0.4, 0.5) is 4.39 Å². The molecule has 0 amide bonds. The van der Waals surface area contributed by atoms with Crippen molar-refractivity contribution in [2.75, 3.05) is 7.05 Å². The van der Waals surface area contributed by atoms with Crippen LogP contribution < -0.4 is 5.32 Å². The van der Waals surface area contributed by atoms with E-state index < -0.39 is 0 Å². The third-order valence-electron chi connectivity index (χ3n) is 3.36. The number of hydrogen-bond acceptors (Lipinski definition) is 4. The summed E-state index contributed by atoms with van der Waals surface area (Å²) in [7, 11) is 1.90. The third-order valence-corrected chi connectivity index (χ3v) is 3.36. The summed E-state index contributed by atoms with van der Waals surface area (Å²) in [6.07, 6.45) is 0.953. The summed E-state index contributed by atoms with van der Waals surface area (Å²) in [5, 5.41) is 7.07. The number of halogens is 1. The van der Waals surface area contributed by atoms with Crippen LogP contribution in [-0.2, 0) is 0 Å². The quantitative estimate of drug-likeness (QED) is 0.901. The van der Waals surface area contributed by atoms with Crippen LogP contribution in [0.15, 0.2) is 28.8 Å². The molecule has 0 saturated carbocycles. The smallest absolute Gasteiger partial charge is 0.231 e. The predicted molar refractivity (Wildman–Crippen MR) is 71.2 cm³/mol. The lowest BCUT2D eigenvalue weighted by Crippen LogP contribution is -2.30. The molecule has 2 unspecified atom stereocenters. The van der Waals surface area contributed by atoms with E-state index in [1.807, 2.05) is 14.0 Å². The molecule has 5 heteroatoms. The van der Waals surface area contributed by atoms with E-state index in [1.54, 1.807) is 18.2 Å². The highest BCUT2D eigenvalue weighted by Gasteiger charge is 2.22. The summed E-state index contributed by atoms with van der Waals surface area (Å²) >= 11 is 0. The Kier molecular flexibility index (Phi) is 4.27.